The van der Waals surface area contributed by atoms with Crippen LogP contribution in [-0.4, -0.2) is 16.5 Å². The lowest BCUT2D eigenvalue weighted by Crippen LogP contribution is -2.43. The van der Waals surface area contributed by atoms with Gasteiger partial charge in [-0.1, -0.05) is 61.4 Å². The number of nitrogens with zero attached hydrogens (tertiary/aromatic N) is 1. The number of carbonyl (C=O) groups is 1. The predicted octanol–water partition coefficient (Wildman–Crippen LogP) is 3.27. The summed E-state index contributed by atoms with van der Waals surface area (Å²) in [4.78, 5) is 25.2. The molecule has 2 unspecified atom stereocenters. The van der Waals surface area contributed by atoms with E-state index in [9.17, 15) is 9.59 Å². The van der Waals surface area contributed by atoms with E-state index in [0.29, 0.717) is 5.92 Å². The van der Waals surface area contributed by atoms with Gasteiger partial charge in [0.15, 0.2) is 0 Å². The summed E-state index contributed by atoms with van der Waals surface area (Å²) in [5, 5.41) is 3.10. The first-order valence-corrected chi connectivity index (χ1v) is 9.00. The van der Waals surface area contributed by atoms with E-state index in [-0.39, 0.29) is 23.4 Å². The molecule has 3 rings (SSSR count). The first kappa shape index (κ1) is 16.0. The summed E-state index contributed by atoms with van der Waals surface area (Å²) in [6, 6.07) is 10.0. The van der Waals surface area contributed by atoms with Gasteiger partial charge >= 0.3 is 4.87 Å². The minimum atomic E-state index is -0.0873. The second-order valence-corrected chi connectivity index (χ2v) is 7.28. The maximum absolute atomic E-state index is 12.3. The van der Waals surface area contributed by atoms with E-state index in [0.717, 1.165) is 16.9 Å². The Hall–Kier alpha value is -1.88. The van der Waals surface area contributed by atoms with E-state index in [1.165, 1.54) is 35.2 Å². The van der Waals surface area contributed by atoms with Crippen LogP contribution in [0, 0.1) is 5.92 Å². The van der Waals surface area contributed by atoms with Crippen LogP contribution in [0.3, 0.4) is 0 Å². The summed E-state index contributed by atoms with van der Waals surface area (Å²) in [7, 11) is 0. The number of carbonyl (C=O) groups excluding carboxylic acids is 1. The van der Waals surface area contributed by atoms with Crippen LogP contribution in [0.5, 0.6) is 0 Å². The third-order valence-corrected chi connectivity index (χ3v) is 5.51. The molecule has 23 heavy (non-hydrogen) atoms. The highest BCUT2D eigenvalue weighted by Gasteiger charge is 2.23. The first-order chi connectivity index (χ1) is 11.1. The zero-order valence-corrected chi connectivity index (χ0v) is 14.1. The standard InChI is InChI=1S/C18H22N2O2S/c1-13-7-5-6-10-15(13)19-17(21)12-20-11-16(23-18(20)22)14-8-3-2-4-9-14/h2-4,8-9,11,13,15H,5-7,10,12H2,1H3,(H,19,21). The molecule has 122 valence electrons. The SMILES string of the molecule is CC1CCCCC1NC(=O)Cn1cc(-c2ccccc2)sc1=O. The van der Waals surface area contributed by atoms with Crippen LogP contribution in [-0.2, 0) is 11.3 Å². The Bertz CT molecular complexity index is 720. The van der Waals surface area contributed by atoms with Crippen molar-refractivity contribution in [2.24, 2.45) is 5.92 Å². The summed E-state index contributed by atoms with van der Waals surface area (Å²) in [6.07, 6.45) is 6.41. The lowest BCUT2D eigenvalue weighted by atomic mass is 9.86. The molecule has 1 aliphatic rings. The van der Waals surface area contributed by atoms with E-state index < -0.39 is 0 Å². The molecule has 1 aromatic carbocycles. The van der Waals surface area contributed by atoms with Gasteiger partial charge in [-0.3, -0.25) is 14.2 Å². The van der Waals surface area contributed by atoms with Crippen molar-refractivity contribution in [3.8, 4) is 10.4 Å². The van der Waals surface area contributed by atoms with Crippen molar-refractivity contribution in [3.05, 3.63) is 46.2 Å². The number of rotatable bonds is 4. The maximum Gasteiger partial charge on any atom is 0.308 e. The zero-order chi connectivity index (χ0) is 16.2. The molecule has 2 aromatic rings. The average Bonchev–Trinajstić information content (AvgIpc) is 2.91. The highest BCUT2D eigenvalue weighted by atomic mass is 32.1. The molecule has 2 atom stereocenters. The van der Waals surface area contributed by atoms with Gasteiger partial charge < -0.3 is 5.32 Å². The first-order valence-electron chi connectivity index (χ1n) is 8.18. The fourth-order valence-corrected chi connectivity index (χ4v) is 4.01. The quantitative estimate of drug-likeness (QED) is 0.935. The van der Waals surface area contributed by atoms with Crippen molar-refractivity contribution in [1.82, 2.24) is 9.88 Å². The van der Waals surface area contributed by atoms with Gasteiger partial charge in [0.05, 0.1) is 4.88 Å². The van der Waals surface area contributed by atoms with Gasteiger partial charge in [-0.15, -0.1) is 0 Å². The second-order valence-electron chi connectivity index (χ2n) is 6.29. The minimum Gasteiger partial charge on any atom is -0.352 e. The summed E-state index contributed by atoms with van der Waals surface area (Å²) in [6.45, 7) is 2.29. The van der Waals surface area contributed by atoms with Crippen molar-refractivity contribution >= 4 is 17.2 Å². The average molecular weight is 330 g/mol. The van der Waals surface area contributed by atoms with E-state index in [1.54, 1.807) is 6.20 Å². The summed E-state index contributed by atoms with van der Waals surface area (Å²) >= 11 is 1.18. The van der Waals surface area contributed by atoms with E-state index in [2.05, 4.69) is 12.2 Å². The number of aromatic nitrogens is 1. The Balaban J connectivity index is 1.67. The van der Waals surface area contributed by atoms with Gasteiger partial charge in [-0.25, -0.2) is 0 Å². The molecule has 0 saturated heterocycles. The van der Waals surface area contributed by atoms with E-state index in [1.807, 2.05) is 30.3 Å². The van der Waals surface area contributed by atoms with Crippen LogP contribution in [0.1, 0.15) is 32.6 Å². The summed E-state index contributed by atoms with van der Waals surface area (Å²) in [5.41, 5.74) is 1.01. The molecule has 1 heterocycles. The van der Waals surface area contributed by atoms with Crippen LogP contribution in [0.15, 0.2) is 41.3 Å². The molecular weight excluding hydrogens is 308 g/mol. The van der Waals surface area contributed by atoms with Crippen LogP contribution in [0.25, 0.3) is 10.4 Å². The van der Waals surface area contributed by atoms with Crippen LogP contribution in [0.2, 0.25) is 0 Å². The zero-order valence-electron chi connectivity index (χ0n) is 13.3. The summed E-state index contributed by atoms with van der Waals surface area (Å²) in [5.74, 6) is 0.454. The monoisotopic (exact) mass is 330 g/mol. The van der Waals surface area contributed by atoms with Crippen LogP contribution in [0.4, 0.5) is 0 Å². The molecule has 0 aliphatic heterocycles. The fraction of sp³-hybridized carbons (Fsp3) is 0.444. The molecule has 0 bridgehead atoms. The molecule has 0 radical (unpaired) electrons. The van der Waals surface area contributed by atoms with Crippen molar-refractivity contribution in [1.29, 1.82) is 0 Å². The Labute approximate surface area is 140 Å². The lowest BCUT2D eigenvalue weighted by molar-refractivity contribution is -0.123. The van der Waals surface area contributed by atoms with Crippen molar-refractivity contribution in [2.45, 2.75) is 45.2 Å². The maximum atomic E-state index is 12.3. The molecule has 0 spiro atoms. The van der Waals surface area contributed by atoms with Crippen LogP contribution < -0.4 is 10.2 Å². The Kier molecular flexibility index (Phi) is 4.96. The number of nitrogens with one attached hydrogen (secondary N) is 1. The van der Waals surface area contributed by atoms with Gasteiger partial charge in [-0.2, -0.15) is 0 Å². The Morgan fingerprint density at radius 3 is 2.74 bits per heavy atom. The summed E-state index contributed by atoms with van der Waals surface area (Å²) < 4.78 is 1.51. The molecule has 5 heteroatoms. The molecule has 1 saturated carbocycles. The van der Waals surface area contributed by atoms with Gasteiger partial charge in [0.25, 0.3) is 0 Å². The molecule has 1 aliphatic carbocycles. The number of amides is 1. The number of benzene rings is 1. The molecule has 4 nitrogen and oxygen atoms in total. The third kappa shape index (κ3) is 3.91. The highest BCUT2D eigenvalue weighted by Crippen LogP contribution is 2.24. The van der Waals surface area contributed by atoms with Crippen LogP contribution >= 0.6 is 11.3 Å². The van der Waals surface area contributed by atoms with Crippen molar-refractivity contribution < 1.29 is 4.79 Å². The predicted molar refractivity (Wildman–Crippen MR) is 93.6 cm³/mol. The molecule has 1 fully saturated rings. The molecule has 1 aromatic heterocycles. The second kappa shape index (κ2) is 7.13. The smallest absolute Gasteiger partial charge is 0.308 e. The van der Waals surface area contributed by atoms with Gasteiger partial charge in [0.2, 0.25) is 5.91 Å². The number of hydrogen-bond acceptors (Lipinski definition) is 3. The molecule has 1 amide bonds. The topological polar surface area (TPSA) is 51.1 Å². The lowest BCUT2D eigenvalue weighted by Gasteiger charge is -2.29. The van der Waals surface area contributed by atoms with E-state index in [4.69, 9.17) is 0 Å². The highest BCUT2D eigenvalue weighted by molar-refractivity contribution is 7.12. The third-order valence-electron chi connectivity index (χ3n) is 4.53. The van der Waals surface area contributed by atoms with Crippen molar-refractivity contribution in [2.75, 3.05) is 0 Å². The normalized spacial score (nSPS) is 21.1. The Morgan fingerprint density at radius 1 is 1.26 bits per heavy atom. The number of thiazole rings is 1. The van der Waals surface area contributed by atoms with Gasteiger partial charge in [-0.05, 0) is 24.3 Å². The number of hydrogen-bond donors (Lipinski definition) is 1. The largest absolute Gasteiger partial charge is 0.352 e. The molecular formula is C18H22N2O2S. The van der Waals surface area contributed by atoms with Crippen molar-refractivity contribution in [3.63, 3.8) is 0 Å². The minimum absolute atomic E-state index is 0.0664. The molecule has 1 N–H and O–H groups in total. The van der Waals surface area contributed by atoms with Gasteiger partial charge in [0.1, 0.15) is 6.54 Å². The fourth-order valence-electron chi connectivity index (χ4n) is 3.16. The Morgan fingerprint density at radius 2 is 2.00 bits per heavy atom. The van der Waals surface area contributed by atoms with Gasteiger partial charge in [0, 0.05) is 12.2 Å². The van der Waals surface area contributed by atoms with E-state index >= 15 is 0 Å².